The largest absolute Gasteiger partial charge is 0.326 e. The highest BCUT2D eigenvalue weighted by molar-refractivity contribution is 8.00. The smallest absolute Gasteiger partial charge is 0.239 e. The van der Waals surface area contributed by atoms with E-state index in [2.05, 4.69) is 15.6 Å². The maximum absolute atomic E-state index is 12.7. The van der Waals surface area contributed by atoms with Crippen molar-refractivity contribution in [3.63, 3.8) is 0 Å². The van der Waals surface area contributed by atoms with E-state index in [0.717, 1.165) is 20.8 Å². The van der Waals surface area contributed by atoms with Crippen molar-refractivity contribution >= 4 is 55.9 Å². The number of hydrogen-bond donors (Lipinski definition) is 2. The van der Waals surface area contributed by atoms with Crippen LogP contribution in [0.25, 0.3) is 10.2 Å². The molecule has 0 saturated carbocycles. The minimum Gasteiger partial charge on any atom is -0.326 e. The summed E-state index contributed by atoms with van der Waals surface area (Å²) in [6.07, 6.45) is 0.686. The number of carbonyl (C=O) groups excluding carboxylic acids is 2. The maximum atomic E-state index is 12.7. The fourth-order valence-electron chi connectivity index (χ4n) is 2.45. The lowest BCUT2D eigenvalue weighted by Crippen LogP contribution is -2.24. The van der Waals surface area contributed by atoms with Crippen LogP contribution in [0.4, 0.5) is 10.8 Å². The summed E-state index contributed by atoms with van der Waals surface area (Å²) in [4.78, 5) is 29.2. The zero-order valence-corrected chi connectivity index (χ0v) is 16.1. The van der Waals surface area contributed by atoms with Gasteiger partial charge < -0.3 is 10.6 Å². The fraction of sp³-hybridized carbons (Fsp3) is 0.211. The molecule has 1 atom stereocenters. The Morgan fingerprint density at radius 2 is 1.96 bits per heavy atom. The van der Waals surface area contributed by atoms with Gasteiger partial charge in [0.25, 0.3) is 0 Å². The second kappa shape index (κ2) is 8.33. The first-order chi connectivity index (χ1) is 12.5. The van der Waals surface area contributed by atoms with Gasteiger partial charge in [-0.15, -0.1) is 11.8 Å². The molecule has 2 amide bonds. The molecule has 2 aromatic carbocycles. The monoisotopic (exact) mass is 385 g/mol. The minimum atomic E-state index is -0.241. The number of carbonyl (C=O) groups is 2. The zero-order chi connectivity index (χ0) is 18.5. The van der Waals surface area contributed by atoms with Crippen LogP contribution < -0.4 is 10.6 Å². The SMILES string of the molecule is CCC(Sc1cccc(NC(C)=O)c1)C(=O)Nc1nc2ccccc2s1. The summed E-state index contributed by atoms with van der Waals surface area (Å²) in [6, 6.07) is 15.3. The number of nitrogens with one attached hydrogen (secondary N) is 2. The quantitative estimate of drug-likeness (QED) is 0.600. The molecular weight excluding hydrogens is 366 g/mol. The second-order valence-electron chi connectivity index (χ2n) is 5.70. The first kappa shape index (κ1) is 18.4. The van der Waals surface area contributed by atoms with Gasteiger partial charge in [0.2, 0.25) is 11.8 Å². The normalized spacial score (nSPS) is 11.9. The van der Waals surface area contributed by atoms with Gasteiger partial charge in [0.15, 0.2) is 5.13 Å². The van der Waals surface area contributed by atoms with E-state index in [9.17, 15) is 9.59 Å². The van der Waals surface area contributed by atoms with Crippen molar-refractivity contribution < 1.29 is 9.59 Å². The molecule has 3 aromatic rings. The Morgan fingerprint density at radius 3 is 2.69 bits per heavy atom. The van der Waals surface area contributed by atoms with Crippen molar-refractivity contribution in [3.05, 3.63) is 48.5 Å². The van der Waals surface area contributed by atoms with E-state index in [1.807, 2.05) is 55.5 Å². The number of benzene rings is 2. The van der Waals surface area contributed by atoms with Crippen LogP contribution in [0.5, 0.6) is 0 Å². The van der Waals surface area contributed by atoms with Gasteiger partial charge in [-0.2, -0.15) is 0 Å². The van der Waals surface area contributed by atoms with E-state index in [1.54, 1.807) is 0 Å². The molecule has 3 rings (SSSR count). The predicted octanol–water partition coefficient (Wildman–Crippen LogP) is 4.76. The van der Waals surface area contributed by atoms with Crippen molar-refractivity contribution in [3.8, 4) is 0 Å². The lowest BCUT2D eigenvalue weighted by atomic mass is 10.3. The number of aromatic nitrogens is 1. The number of rotatable bonds is 6. The van der Waals surface area contributed by atoms with Crippen LogP contribution in [0.15, 0.2) is 53.4 Å². The Labute approximate surface area is 160 Å². The van der Waals surface area contributed by atoms with Crippen molar-refractivity contribution in [1.82, 2.24) is 4.98 Å². The Balaban J connectivity index is 1.69. The van der Waals surface area contributed by atoms with E-state index < -0.39 is 0 Å². The molecule has 0 radical (unpaired) electrons. The number of thiazole rings is 1. The third-order valence-corrected chi connectivity index (χ3v) is 5.93. The average Bonchev–Trinajstić information content (AvgIpc) is 3.01. The number of hydrogen-bond acceptors (Lipinski definition) is 5. The fourth-order valence-corrected chi connectivity index (χ4v) is 4.33. The summed E-state index contributed by atoms with van der Waals surface area (Å²) in [5.74, 6) is -0.186. The first-order valence-corrected chi connectivity index (χ1v) is 9.95. The summed E-state index contributed by atoms with van der Waals surface area (Å²) < 4.78 is 1.05. The highest BCUT2D eigenvalue weighted by atomic mass is 32.2. The number of amides is 2. The number of para-hydroxylation sites is 1. The van der Waals surface area contributed by atoms with Gasteiger partial charge in [-0.1, -0.05) is 36.5 Å². The standard InChI is InChI=1S/C19H19N3O2S2/c1-3-16(25-14-8-6-7-13(11-14)20-12(2)23)18(24)22-19-21-15-9-4-5-10-17(15)26-19/h4-11,16H,3H2,1-2H3,(H,20,23)(H,21,22,24). The van der Waals surface area contributed by atoms with Gasteiger partial charge in [0, 0.05) is 17.5 Å². The van der Waals surface area contributed by atoms with E-state index in [1.165, 1.54) is 30.0 Å². The number of anilines is 2. The molecule has 0 saturated heterocycles. The Morgan fingerprint density at radius 1 is 1.15 bits per heavy atom. The Kier molecular flexibility index (Phi) is 5.90. The second-order valence-corrected chi connectivity index (χ2v) is 8.01. The van der Waals surface area contributed by atoms with Crippen molar-refractivity contribution in [2.24, 2.45) is 0 Å². The van der Waals surface area contributed by atoms with E-state index in [0.29, 0.717) is 11.6 Å². The molecule has 1 aromatic heterocycles. The topological polar surface area (TPSA) is 71.1 Å². The molecule has 134 valence electrons. The molecule has 0 aliphatic heterocycles. The summed E-state index contributed by atoms with van der Waals surface area (Å²) in [7, 11) is 0. The van der Waals surface area contributed by atoms with E-state index in [-0.39, 0.29) is 17.1 Å². The summed E-state index contributed by atoms with van der Waals surface area (Å²) in [5.41, 5.74) is 1.61. The summed E-state index contributed by atoms with van der Waals surface area (Å²) >= 11 is 2.95. The molecule has 1 unspecified atom stereocenters. The van der Waals surface area contributed by atoms with Crippen LogP contribution in [0, 0.1) is 0 Å². The Bertz CT molecular complexity index is 906. The van der Waals surface area contributed by atoms with Crippen LogP contribution >= 0.6 is 23.1 Å². The lowest BCUT2D eigenvalue weighted by Gasteiger charge is -2.14. The molecule has 26 heavy (non-hydrogen) atoms. The molecule has 5 nitrogen and oxygen atoms in total. The summed E-state index contributed by atoms with van der Waals surface area (Å²) in [5, 5.41) is 6.06. The van der Waals surface area contributed by atoms with E-state index >= 15 is 0 Å². The third-order valence-electron chi connectivity index (χ3n) is 3.62. The Hall–Kier alpha value is -2.38. The lowest BCUT2D eigenvalue weighted by molar-refractivity contribution is -0.116. The number of fused-ring (bicyclic) bond motifs is 1. The van der Waals surface area contributed by atoms with Crippen LogP contribution in [0.2, 0.25) is 0 Å². The van der Waals surface area contributed by atoms with Crippen LogP contribution in [0.3, 0.4) is 0 Å². The van der Waals surface area contributed by atoms with Gasteiger partial charge in [0.1, 0.15) is 0 Å². The van der Waals surface area contributed by atoms with E-state index in [4.69, 9.17) is 0 Å². The van der Waals surface area contributed by atoms with Crippen LogP contribution in [-0.2, 0) is 9.59 Å². The molecule has 0 fully saturated rings. The molecule has 7 heteroatoms. The van der Waals surface area contributed by atoms with Crippen LogP contribution in [-0.4, -0.2) is 22.0 Å². The molecule has 2 N–H and O–H groups in total. The zero-order valence-electron chi connectivity index (χ0n) is 14.5. The molecular formula is C19H19N3O2S2. The highest BCUT2D eigenvalue weighted by Gasteiger charge is 2.19. The van der Waals surface area contributed by atoms with Crippen molar-refractivity contribution in [2.75, 3.05) is 10.6 Å². The number of nitrogens with zero attached hydrogens (tertiary/aromatic N) is 1. The van der Waals surface area contributed by atoms with Gasteiger partial charge in [-0.3, -0.25) is 9.59 Å². The van der Waals surface area contributed by atoms with Crippen molar-refractivity contribution in [2.45, 2.75) is 30.4 Å². The summed E-state index contributed by atoms with van der Waals surface area (Å²) in [6.45, 7) is 3.45. The van der Waals surface area contributed by atoms with Gasteiger partial charge >= 0.3 is 0 Å². The van der Waals surface area contributed by atoms with Gasteiger partial charge in [0.05, 0.1) is 15.5 Å². The van der Waals surface area contributed by atoms with Gasteiger partial charge in [-0.25, -0.2) is 4.98 Å². The van der Waals surface area contributed by atoms with Gasteiger partial charge in [-0.05, 0) is 36.8 Å². The molecule has 1 heterocycles. The predicted molar refractivity (Wildman–Crippen MR) is 109 cm³/mol. The molecule has 0 bridgehead atoms. The first-order valence-electron chi connectivity index (χ1n) is 8.26. The third kappa shape index (κ3) is 4.62. The molecule has 0 aliphatic rings. The van der Waals surface area contributed by atoms with Crippen molar-refractivity contribution in [1.29, 1.82) is 0 Å². The average molecular weight is 386 g/mol. The minimum absolute atomic E-state index is 0.0681. The highest BCUT2D eigenvalue weighted by Crippen LogP contribution is 2.30. The number of thioether (sulfide) groups is 1. The van der Waals surface area contributed by atoms with Crippen LogP contribution in [0.1, 0.15) is 20.3 Å². The molecule has 0 aliphatic carbocycles. The molecule has 0 spiro atoms. The maximum Gasteiger partial charge on any atom is 0.239 e.